The lowest BCUT2D eigenvalue weighted by atomic mass is 10.0. The molecule has 0 fully saturated rings. The highest BCUT2D eigenvalue weighted by molar-refractivity contribution is 6.17. The summed E-state index contributed by atoms with van der Waals surface area (Å²) in [5.41, 5.74) is 2.03. The molecule has 4 heteroatoms. The standard InChI is InChI=1S/C11H14ClNO2/c1-13-10(11(14)15)6-8-2-4-9(7-12)5-3-8/h2-5,10,13H,6-7H2,1H3,(H,14,15)/t10-/m0/s1. The van der Waals surface area contributed by atoms with Crippen molar-refractivity contribution in [2.24, 2.45) is 0 Å². The first-order valence-electron chi connectivity index (χ1n) is 4.71. The largest absolute Gasteiger partial charge is 0.480 e. The van der Waals surface area contributed by atoms with E-state index in [2.05, 4.69) is 5.32 Å². The Labute approximate surface area is 94.1 Å². The third-order valence-corrected chi connectivity index (χ3v) is 2.57. The number of hydrogen-bond donors (Lipinski definition) is 2. The van der Waals surface area contributed by atoms with E-state index in [9.17, 15) is 4.79 Å². The lowest BCUT2D eigenvalue weighted by Crippen LogP contribution is -2.35. The van der Waals surface area contributed by atoms with E-state index in [0.717, 1.165) is 11.1 Å². The Balaban J connectivity index is 2.67. The molecule has 0 spiro atoms. The Hall–Kier alpha value is -1.06. The molecule has 0 heterocycles. The van der Waals surface area contributed by atoms with E-state index in [0.29, 0.717) is 12.3 Å². The maximum Gasteiger partial charge on any atom is 0.321 e. The second-order valence-corrected chi connectivity index (χ2v) is 3.60. The first kappa shape index (κ1) is 12.0. The molecule has 2 N–H and O–H groups in total. The number of nitrogens with one attached hydrogen (secondary N) is 1. The first-order chi connectivity index (χ1) is 7.17. The summed E-state index contributed by atoms with van der Waals surface area (Å²) in [5, 5.41) is 11.6. The van der Waals surface area contributed by atoms with Crippen LogP contribution in [0.3, 0.4) is 0 Å². The van der Waals surface area contributed by atoms with Gasteiger partial charge in [-0.25, -0.2) is 0 Å². The van der Waals surface area contributed by atoms with E-state index in [-0.39, 0.29) is 0 Å². The van der Waals surface area contributed by atoms with Crippen molar-refractivity contribution < 1.29 is 9.90 Å². The summed E-state index contributed by atoms with van der Waals surface area (Å²) in [6.45, 7) is 0. The second kappa shape index (κ2) is 5.73. The number of likely N-dealkylation sites (N-methyl/N-ethyl adjacent to an activating group) is 1. The summed E-state index contributed by atoms with van der Waals surface area (Å²) >= 11 is 5.66. The van der Waals surface area contributed by atoms with Gasteiger partial charge >= 0.3 is 5.97 Å². The molecule has 1 rings (SSSR count). The van der Waals surface area contributed by atoms with Crippen molar-refractivity contribution in [2.45, 2.75) is 18.3 Å². The van der Waals surface area contributed by atoms with E-state index in [1.54, 1.807) is 7.05 Å². The van der Waals surface area contributed by atoms with Crippen molar-refractivity contribution in [3.8, 4) is 0 Å². The van der Waals surface area contributed by atoms with Crippen LogP contribution in [0.15, 0.2) is 24.3 Å². The van der Waals surface area contributed by atoms with Crippen LogP contribution >= 0.6 is 11.6 Å². The van der Waals surface area contributed by atoms with Crippen LogP contribution < -0.4 is 5.32 Å². The zero-order valence-electron chi connectivity index (χ0n) is 8.53. The average Bonchev–Trinajstić information content (AvgIpc) is 2.26. The number of carbonyl (C=O) groups is 1. The summed E-state index contributed by atoms with van der Waals surface area (Å²) < 4.78 is 0. The van der Waals surface area contributed by atoms with Crippen molar-refractivity contribution in [1.29, 1.82) is 0 Å². The van der Waals surface area contributed by atoms with Crippen LogP contribution in [0.4, 0.5) is 0 Å². The fourth-order valence-corrected chi connectivity index (χ4v) is 1.49. The molecule has 1 aromatic carbocycles. The fourth-order valence-electron chi connectivity index (χ4n) is 1.31. The zero-order valence-corrected chi connectivity index (χ0v) is 9.29. The first-order valence-corrected chi connectivity index (χ1v) is 5.24. The molecule has 0 bridgehead atoms. The minimum atomic E-state index is -0.834. The number of benzene rings is 1. The number of alkyl halides is 1. The van der Waals surface area contributed by atoms with Crippen LogP contribution in [-0.2, 0) is 17.1 Å². The van der Waals surface area contributed by atoms with E-state index in [1.165, 1.54) is 0 Å². The molecule has 0 aliphatic rings. The second-order valence-electron chi connectivity index (χ2n) is 3.33. The molecule has 0 aromatic heterocycles. The normalized spacial score (nSPS) is 12.4. The maximum atomic E-state index is 10.8. The van der Waals surface area contributed by atoms with E-state index in [1.807, 2.05) is 24.3 Å². The van der Waals surface area contributed by atoms with Crippen LogP contribution in [0.1, 0.15) is 11.1 Å². The van der Waals surface area contributed by atoms with Crippen LogP contribution in [0.2, 0.25) is 0 Å². The molecule has 1 atom stereocenters. The van der Waals surface area contributed by atoms with Gasteiger partial charge < -0.3 is 10.4 Å². The van der Waals surface area contributed by atoms with Gasteiger partial charge in [0.2, 0.25) is 0 Å². The van der Waals surface area contributed by atoms with Crippen molar-refractivity contribution in [3.63, 3.8) is 0 Å². The molecule has 0 radical (unpaired) electrons. The summed E-state index contributed by atoms with van der Waals surface area (Å²) in [6, 6.07) is 7.11. The monoisotopic (exact) mass is 227 g/mol. The van der Waals surface area contributed by atoms with E-state index < -0.39 is 12.0 Å². The summed E-state index contributed by atoms with van der Waals surface area (Å²) in [7, 11) is 1.64. The van der Waals surface area contributed by atoms with Gasteiger partial charge in [-0.1, -0.05) is 24.3 Å². The molecule has 0 unspecified atom stereocenters. The Morgan fingerprint density at radius 1 is 1.40 bits per heavy atom. The van der Waals surface area contributed by atoms with Crippen molar-refractivity contribution in [3.05, 3.63) is 35.4 Å². The smallest absolute Gasteiger partial charge is 0.321 e. The van der Waals surface area contributed by atoms with Crippen LogP contribution in [0, 0.1) is 0 Å². The molecule has 15 heavy (non-hydrogen) atoms. The van der Waals surface area contributed by atoms with Crippen molar-refractivity contribution >= 4 is 17.6 Å². The minimum absolute atomic E-state index is 0.481. The third kappa shape index (κ3) is 3.53. The van der Waals surface area contributed by atoms with Crippen LogP contribution in [0.5, 0.6) is 0 Å². The third-order valence-electron chi connectivity index (χ3n) is 2.26. The fraction of sp³-hybridized carbons (Fsp3) is 0.364. The summed E-state index contributed by atoms with van der Waals surface area (Å²) in [5.74, 6) is -0.354. The van der Waals surface area contributed by atoms with Gasteiger partial charge in [0.15, 0.2) is 0 Å². The predicted molar refractivity (Wildman–Crippen MR) is 60.2 cm³/mol. The predicted octanol–water partition coefficient (Wildman–Crippen LogP) is 1.64. The quantitative estimate of drug-likeness (QED) is 0.752. The minimum Gasteiger partial charge on any atom is -0.480 e. The lowest BCUT2D eigenvalue weighted by molar-refractivity contribution is -0.139. The molecule has 0 saturated carbocycles. The summed E-state index contributed by atoms with van der Waals surface area (Å²) in [4.78, 5) is 10.8. The summed E-state index contributed by atoms with van der Waals surface area (Å²) in [6.07, 6.45) is 0.481. The van der Waals surface area contributed by atoms with Gasteiger partial charge in [0.1, 0.15) is 6.04 Å². The Kier molecular flexibility index (Phi) is 4.59. The van der Waals surface area contributed by atoms with E-state index in [4.69, 9.17) is 16.7 Å². The van der Waals surface area contributed by atoms with Crippen LogP contribution in [0.25, 0.3) is 0 Å². The van der Waals surface area contributed by atoms with Gasteiger partial charge in [0.25, 0.3) is 0 Å². The number of carboxylic acids is 1. The number of halogens is 1. The molecule has 82 valence electrons. The van der Waals surface area contributed by atoms with Gasteiger partial charge in [-0.3, -0.25) is 4.79 Å². The SMILES string of the molecule is CN[C@@H](Cc1ccc(CCl)cc1)C(=O)O. The molecule has 0 aliphatic carbocycles. The van der Waals surface area contributed by atoms with Crippen LogP contribution in [-0.4, -0.2) is 24.2 Å². The van der Waals surface area contributed by atoms with Gasteiger partial charge in [-0.2, -0.15) is 0 Å². The molecule has 0 aliphatic heterocycles. The molecule has 1 aromatic rings. The molecule has 3 nitrogen and oxygen atoms in total. The molecule has 0 saturated heterocycles. The van der Waals surface area contributed by atoms with Gasteiger partial charge in [0, 0.05) is 5.88 Å². The maximum absolute atomic E-state index is 10.8. The zero-order chi connectivity index (χ0) is 11.3. The number of carboxylic acid groups (broad SMARTS) is 1. The Morgan fingerprint density at radius 3 is 2.33 bits per heavy atom. The highest BCUT2D eigenvalue weighted by Crippen LogP contribution is 2.08. The Bertz CT molecular complexity index is 324. The highest BCUT2D eigenvalue weighted by atomic mass is 35.5. The molecular weight excluding hydrogens is 214 g/mol. The van der Waals surface area contributed by atoms with E-state index >= 15 is 0 Å². The number of hydrogen-bond acceptors (Lipinski definition) is 2. The molecular formula is C11H14ClNO2. The molecule has 0 amide bonds. The van der Waals surface area contributed by atoms with Gasteiger partial charge in [-0.05, 0) is 24.6 Å². The number of rotatable bonds is 5. The average molecular weight is 228 g/mol. The number of aliphatic carboxylic acids is 1. The lowest BCUT2D eigenvalue weighted by Gasteiger charge is -2.11. The Morgan fingerprint density at radius 2 is 1.93 bits per heavy atom. The van der Waals surface area contributed by atoms with Gasteiger partial charge in [-0.15, -0.1) is 11.6 Å². The van der Waals surface area contributed by atoms with Crippen molar-refractivity contribution in [1.82, 2.24) is 5.32 Å². The topological polar surface area (TPSA) is 49.3 Å². The van der Waals surface area contributed by atoms with Gasteiger partial charge in [0.05, 0.1) is 0 Å². The highest BCUT2D eigenvalue weighted by Gasteiger charge is 2.14. The van der Waals surface area contributed by atoms with Crippen molar-refractivity contribution in [2.75, 3.05) is 7.05 Å².